The number of carbonyl (C=O) groups excluding carboxylic acids is 1. The van der Waals surface area contributed by atoms with E-state index in [0.717, 1.165) is 50.3 Å². The number of benzene rings is 1. The molecule has 1 aromatic carbocycles. The van der Waals surface area contributed by atoms with Crippen LogP contribution in [0.1, 0.15) is 30.5 Å². The molecule has 1 fully saturated rings. The summed E-state index contributed by atoms with van der Waals surface area (Å²) in [5.41, 5.74) is 3.17. The lowest BCUT2D eigenvalue weighted by Gasteiger charge is -2.32. The Morgan fingerprint density at radius 2 is 2.04 bits per heavy atom. The average Bonchev–Trinajstić information content (AvgIpc) is 3.16. The molecular formula is C20H23ClN4O2. The normalized spacial score (nSPS) is 16.9. The lowest BCUT2D eigenvalue weighted by atomic mass is 9.95. The standard InChI is InChI=1S/C20H23ClN4O2/c1-27-18-6-5-15(12-16(18)21)22-20(26)13-7-9-25(10-8-13)19-11-14-3-2-4-17(14)23-24-19/h5-6,11-13H,2-4,7-10H2,1H3,(H,22,26). The van der Waals surface area contributed by atoms with E-state index in [1.807, 2.05) is 0 Å². The number of hydrogen-bond acceptors (Lipinski definition) is 5. The monoisotopic (exact) mass is 386 g/mol. The number of carbonyl (C=O) groups is 1. The Balaban J connectivity index is 1.34. The Morgan fingerprint density at radius 1 is 1.22 bits per heavy atom. The first-order valence-corrected chi connectivity index (χ1v) is 9.76. The molecule has 2 aliphatic rings. The lowest BCUT2D eigenvalue weighted by molar-refractivity contribution is -0.120. The highest BCUT2D eigenvalue weighted by atomic mass is 35.5. The molecule has 7 heteroatoms. The Bertz CT molecular complexity index is 850. The Labute approximate surface area is 163 Å². The Hall–Kier alpha value is -2.34. The zero-order valence-corrected chi connectivity index (χ0v) is 16.1. The number of fused-ring (bicyclic) bond motifs is 1. The van der Waals surface area contributed by atoms with Crippen molar-refractivity contribution in [2.75, 3.05) is 30.4 Å². The third kappa shape index (κ3) is 3.86. The minimum Gasteiger partial charge on any atom is -0.495 e. The maximum absolute atomic E-state index is 12.6. The molecular weight excluding hydrogens is 364 g/mol. The summed E-state index contributed by atoms with van der Waals surface area (Å²) in [4.78, 5) is 14.8. The van der Waals surface area contributed by atoms with Crippen LogP contribution in [0, 0.1) is 5.92 Å². The number of nitrogens with zero attached hydrogens (tertiary/aromatic N) is 3. The third-order valence-electron chi connectivity index (χ3n) is 5.42. The molecule has 1 aliphatic heterocycles. The molecule has 2 heterocycles. The zero-order chi connectivity index (χ0) is 18.8. The van der Waals surface area contributed by atoms with E-state index < -0.39 is 0 Å². The molecule has 0 unspecified atom stereocenters. The summed E-state index contributed by atoms with van der Waals surface area (Å²) in [6.07, 6.45) is 4.91. The van der Waals surface area contributed by atoms with Gasteiger partial charge in [0.1, 0.15) is 5.75 Å². The van der Waals surface area contributed by atoms with E-state index in [2.05, 4.69) is 26.5 Å². The van der Waals surface area contributed by atoms with Gasteiger partial charge in [-0.1, -0.05) is 11.6 Å². The molecule has 1 amide bonds. The molecule has 4 rings (SSSR count). The maximum atomic E-state index is 12.6. The van der Waals surface area contributed by atoms with Gasteiger partial charge in [0.05, 0.1) is 17.8 Å². The molecule has 142 valence electrons. The highest BCUT2D eigenvalue weighted by molar-refractivity contribution is 6.32. The van der Waals surface area contributed by atoms with Gasteiger partial charge < -0.3 is 15.0 Å². The number of halogens is 1. The summed E-state index contributed by atoms with van der Waals surface area (Å²) in [6.45, 7) is 1.63. The van der Waals surface area contributed by atoms with Crippen molar-refractivity contribution in [2.24, 2.45) is 5.92 Å². The van der Waals surface area contributed by atoms with Gasteiger partial charge in [0.15, 0.2) is 5.82 Å². The third-order valence-corrected chi connectivity index (χ3v) is 5.71. The molecule has 0 atom stereocenters. The molecule has 6 nitrogen and oxygen atoms in total. The first-order chi connectivity index (χ1) is 13.1. The highest BCUT2D eigenvalue weighted by Gasteiger charge is 2.26. The van der Waals surface area contributed by atoms with Gasteiger partial charge in [-0.25, -0.2) is 0 Å². The van der Waals surface area contributed by atoms with Crippen molar-refractivity contribution in [3.05, 3.63) is 40.5 Å². The SMILES string of the molecule is COc1ccc(NC(=O)C2CCN(c3cc4c(nn3)CCC4)CC2)cc1Cl. The van der Waals surface area contributed by atoms with Crippen molar-refractivity contribution in [3.8, 4) is 5.75 Å². The van der Waals surface area contributed by atoms with Crippen LogP contribution in [-0.4, -0.2) is 36.3 Å². The molecule has 0 bridgehead atoms. The molecule has 0 radical (unpaired) electrons. The predicted octanol–water partition coefficient (Wildman–Crippen LogP) is 3.48. The van der Waals surface area contributed by atoms with Crippen LogP contribution in [0.2, 0.25) is 5.02 Å². The largest absolute Gasteiger partial charge is 0.495 e. The number of aromatic nitrogens is 2. The minimum absolute atomic E-state index is 0.00971. The van der Waals surface area contributed by atoms with Gasteiger partial charge in [-0.05, 0) is 61.9 Å². The molecule has 27 heavy (non-hydrogen) atoms. The van der Waals surface area contributed by atoms with Gasteiger partial charge in [0.2, 0.25) is 5.91 Å². The summed E-state index contributed by atoms with van der Waals surface area (Å²) in [7, 11) is 1.57. The van der Waals surface area contributed by atoms with Crippen LogP contribution in [0.25, 0.3) is 0 Å². The van der Waals surface area contributed by atoms with Gasteiger partial charge >= 0.3 is 0 Å². The highest BCUT2D eigenvalue weighted by Crippen LogP contribution is 2.29. The van der Waals surface area contributed by atoms with Crippen LogP contribution in [0.15, 0.2) is 24.3 Å². The fourth-order valence-electron chi connectivity index (χ4n) is 3.83. The molecule has 1 aromatic heterocycles. The van der Waals surface area contributed by atoms with Crippen molar-refractivity contribution in [1.29, 1.82) is 0 Å². The topological polar surface area (TPSA) is 67.3 Å². The van der Waals surface area contributed by atoms with E-state index in [-0.39, 0.29) is 11.8 Å². The second-order valence-corrected chi connectivity index (χ2v) is 7.54. The van der Waals surface area contributed by atoms with Gasteiger partial charge in [0.25, 0.3) is 0 Å². The summed E-state index contributed by atoms with van der Waals surface area (Å²) >= 11 is 6.13. The Morgan fingerprint density at radius 3 is 2.78 bits per heavy atom. The Kier molecular flexibility index (Phi) is 5.16. The van der Waals surface area contributed by atoms with E-state index in [0.29, 0.717) is 16.5 Å². The van der Waals surface area contributed by atoms with E-state index in [1.54, 1.807) is 25.3 Å². The molecule has 1 aliphatic carbocycles. The number of aryl methyl sites for hydroxylation is 2. The van der Waals surface area contributed by atoms with E-state index in [9.17, 15) is 4.79 Å². The van der Waals surface area contributed by atoms with Gasteiger partial charge in [-0.3, -0.25) is 4.79 Å². The fraction of sp³-hybridized carbons (Fsp3) is 0.450. The van der Waals surface area contributed by atoms with Crippen molar-refractivity contribution in [1.82, 2.24) is 10.2 Å². The number of amides is 1. The summed E-state index contributed by atoms with van der Waals surface area (Å²) in [5.74, 6) is 1.57. The number of piperidine rings is 1. The predicted molar refractivity (Wildman–Crippen MR) is 106 cm³/mol. The summed E-state index contributed by atoms with van der Waals surface area (Å²) in [5, 5.41) is 12.2. The number of methoxy groups -OCH3 is 1. The number of hydrogen-bond donors (Lipinski definition) is 1. The van der Waals surface area contributed by atoms with Crippen molar-refractivity contribution in [2.45, 2.75) is 32.1 Å². The van der Waals surface area contributed by atoms with Crippen molar-refractivity contribution in [3.63, 3.8) is 0 Å². The van der Waals surface area contributed by atoms with Gasteiger partial charge in [0, 0.05) is 24.7 Å². The molecule has 2 aromatic rings. The fourth-order valence-corrected chi connectivity index (χ4v) is 4.09. The number of rotatable bonds is 4. The van der Waals surface area contributed by atoms with Gasteiger partial charge in [-0.2, -0.15) is 5.10 Å². The molecule has 1 saturated heterocycles. The quantitative estimate of drug-likeness (QED) is 0.871. The average molecular weight is 387 g/mol. The van der Waals surface area contributed by atoms with Crippen LogP contribution >= 0.6 is 11.6 Å². The van der Waals surface area contributed by atoms with Crippen LogP contribution in [0.5, 0.6) is 5.75 Å². The summed E-state index contributed by atoms with van der Waals surface area (Å²) < 4.78 is 5.14. The number of ether oxygens (including phenoxy) is 1. The zero-order valence-electron chi connectivity index (χ0n) is 15.4. The van der Waals surface area contributed by atoms with Crippen molar-refractivity contribution < 1.29 is 9.53 Å². The van der Waals surface area contributed by atoms with Crippen LogP contribution < -0.4 is 15.0 Å². The number of nitrogens with one attached hydrogen (secondary N) is 1. The van der Waals surface area contributed by atoms with E-state index in [4.69, 9.17) is 16.3 Å². The summed E-state index contributed by atoms with van der Waals surface area (Å²) in [6, 6.07) is 7.45. The first kappa shape index (κ1) is 18.0. The lowest BCUT2D eigenvalue weighted by Crippen LogP contribution is -2.38. The molecule has 1 N–H and O–H groups in total. The maximum Gasteiger partial charge on any atom is 0.227 e. The minimum atomic E-state index is -0.00971. The van der Waals surface area contributed by atoms with Gasteiger partial charge in [-0.15, -0.1) is 5.10 Å². The number of anilines is 2. The van der Waals surface area contributed by atoms with Crippen LogP contribution in [0.4, 0.5) is 11.5 Å². The first-order valence-electron chi connectivity index (χ1n) is 9.39. The smallest absolute Gasteiger partial charge is 0.227 e. The second kappa shape index (κ2) is 7.72. The molecule has 0 spiro atoms. The van der Waals surface area contributed by atoms with Crippen LogP contribution in [-0.2, 0) is 17.6 Å². The van der Waals surface area contributed by atoms with E-state index >= 15 is 0 Å². The van der Waals surface area contributed by atoms with Crippen molar-refractivity contribution >= 4 is 29.0 Å². The van der Waals surface area contributed by atoms with Crippen LogP contribution in [0.3, 0.4) is 0 Å². The van der Waals surface area contributed by atoms with E-state index in [1.165, 1.54) is 12.0 Å². The molecule has 0 saturated carbocycles. The second-order valence-electron chi connectivity index (χ2n) is 7.13.